The van der Waals surface area contributed by atoms with Gasteiger partial charge in [0.25, 0.3) is 0 Å². The molecular weight excluding hydrogens is 624 g/mol. The van der Waals surface area contributed by atoms with E-state index in [1.165, 1.54) is 32.4 Å². The fourth-order valence-corrected chi connectivity index (χ4v) is 0.628. The van der Waals surface area contributed by atoms with E-state index in [0.29, 0.717) is 6.61 Å². The van der Waals surface area contributed by atoms with E-state index in [1.54, 1.807) is 25.4 Å². The Labute approximate surface area is 215 Å². The van der Waals surface area contributed by atoms with Crippen LogP contribution in [0, 0.1) is 25.7 Å². The van der Waals surface area contributed by atoms with E-state index in [0.717, 1.165) is 0 Å². The molecule has 174 valence electrons. The number of hydrogen-bond acceptors (Lipinski definition) is 7. The second kappa shape index (κ2) is 45.8. The average molecular weight is 662 g/mol. The number of nitrogen functional groups attached to an aromatic ring is 1. The number of ketones is 2. The smallest absolute Gasteiger partial charge is 0.213 e. The molecule has 0 aromatic carbocycles. The van der Waals surface area contributed by atoms with Gasteiger partial charge in [-0.25, -0.2) is 4.68 Å². The Morgan fingerprint density at radius 3 is 1.41 bits per heavy atom. The van der Waals surface area contributed by atoms with Gasteiger partial charge in [0.05, 0.1) is 6.61 Å². The summed E-state index contributed by atoms with van der Waals surface area (Å²) in [5, 5.41) is 17.2. The molecule has 13 heteroatoms. The predicted molar refractivity (Wildman–Crippen MR) is 110 cm³/mol. The number of ether oxygens (including phenoxy) is 1. The summed E-state index contributed by atoms with van der Waals surface area (Å²) in [6, 6.07) is 1.71. The van der Waals surface area contributed by atoms with Crippen molar-refractivity contribution in [1.29, 1.82) is 10.8 Å². The Bertz CT molecular complexity index is 443. The molecule has 0 aliphatic carbocycles. The van der Waals surface area contributed by atoms with Crippen LogP contribution in [0.5, 0.6) is 0 Å². The molecule has 0 spiro atoms. The van der Waals surface area contributed by atoms with Crippen LogP contribution in [0.4, 0.5) is 0 Å². The molecule has 1 aromatic heterocycles. The van der Waals surface area contributed by atoms with E-state index >= 15 is 0 Å². The average Bonchev–Trinajstić information content (AvgIpc) is 2.80. The first kappa shape index (κ1) is 63.0. The number of aromatic nitrogens is 2. The SMILES string of the molecule is CC(C)=O.CC(C)=O.CCOC(C)=N.N.N=C(N)n1cccn1.[CH3-].[CH3-].[NH2-].[V].[V].[W]. The number of rotatable bonds is 1. The van der Waals surface area contributed by atoms with Crippen LogP contribution >= 0.6 is 0 Å². The number of carbonyl (C=O) groups excluding carboxylic acids is 2. The van der Waals surface area contributed by atoms with Gasteiger partial charge in [-0.15, -0.1) is 0 Å². The van der Waals surface area contributed by atoms with Crippen molar-refractivity contribution in [1.82, 2.24) is 15.9 Å². The molecule has 0 saturated heterocycles. The maximum atomic E-state index is 9.44. The fourth-order valence-electron chi connectivity index (χ4n) is 0.628. The molecule has 1 aromatic rings. The molecule has 0 unspecified atom stereocenters. The van der Waals surface area contributed by atoms with Crippen molar-refractivity contribution in [3.63, 3.8) is 0 Å². The van der Waals surface area contributed by atoms with E-state index in [2.05, 4.69) is 9.84 Å². The van der Waals surface area contributed by atoms with Crippen LogP contribution in [0.1, 0.15) is 41.5 Å². The van der Waals surface area contributed by atoms with Crippen molar-refractivity contribution >= 4 is 23.4 Å². The molecule has 29 heavy (non-hydrogen) atoms. The first-order valence-corrected chi connectivity index (χ1v) is 6.50. The van der Waals surface area contributed by atoms with E-state index in [4.69, 9.17) is 16.6 Å². The quantitative estimate of drug-likeness (QED) is 0.201. The van der Waals surface area contributed by atoms with Gasteiger partial charge in [0.15, 0.2) is 5.90 Å². The summed E-state index contributed by atoms with van der Waals surface area (Å²) in [5.74, 6) is 0.563. The summed E-state index contributed by atoms with van der Waals surface area (Å²) >= 11 is 0. The number of nitrogens with one attached hydrogen (secondary N) is 2. The number of nitrogens with zero attached hydrogens (tertiary/aromatic N) is 2. The van der Waals surface area contributed by atoms with Crippen LogP contribution in [0.15, 0.2) is 18.5 Å². The van der Waals surface area contributed by atoms with Gasteiger partial charge in [-0.3, -0.25) is 10.8 Å². The van der Waals surface area contributed by atoms with Crippen LogP contribution in [0.2, 0.25) is 0 Å². The normalized spacial score (nSPS) is 5.86. The number of hydrogen-bond donors (Lipinski definition) is 4. The van der Waals surface area contributed by atoms with Crippen LogP contribution < -0.4 is 11.9 Å². The predicted octanol–water partition coefficient (Wildman–Crippen LogP) is 3.61. The Morgan fingerprint density at radius 2 is 1.34 bits per heavy atom. The van der Waals surface area contributed by atoms with Crippen molar-refractivity contribution in [2.45, 2.75) is 41.5 Å². The van der Waals surface area contributed by atoms with Gasteiger partial charge >= 0.3 is 0 Å². The van der Waals surface area contributed by atoms with Gasteiger partial charge in [0, 0.05) is 77.5 Å². The minimum Gasteiger partial charge on any atom is -0.693 e. The van der Waals surface area contributed by atoms with Crippen molar-refractivity contribution in [3.8, 4) is 0 Å². The standard InChI is InChI=1S/C4H6N4.C4H9NO.2C3H6O.2CH3.H3N.H2N.2V.W/c5-4(6)8-3-1-2-7-8;1-3-6-4(2)5;2*1-3(2)4;;;;;;;/h1-3H,(H3,5,6);5H,3H2,1-2H3;2*1-2H3;3*1H3;1H2;;;/q;;;;2*-1;;-1;;;. The molecule has 1 rings (SSSR count). The first-order valence-electron chi connectivity index (χ1n) is 6.50. The minimum atomic E-state index is -0.0602. The van der Waals surface area contributed by atoms with Gasteiger partial charge in [-0.1, -0.05) is 0 Å². The third-order valence-corrected chi connectivity index (χ3v) is 1.11. The summed E-state index contributed by atoms with van der Waals surface area (Å²) in [6.45, 7) is 10.2. The Balaban J connectivity index is -0.0000000199. The van der Waals surface area contributed by atoms with Gasteiger partial charge in [-0.05, 0) is 40.7 Å². The largest absolute Gasteiger partial charge is 0.693 e. The summed E-state index contributed by atoms with van der Waals surface area (Å²) in [5.41, 5.74) is 5.04. The molecule has 0 aliphatic heterocycles. The van der Waals surface area contributed by atoms with Crippen molar-refractivity contribution in [2.24, 2.45) is 5.73 Å². The number of carbonyl (C=O) groups is 2. The second-order valence-corrected chi connectivity index (χ2v) is 4.14. The van der Waals surface area contributed by atoms with E-state index in [-0.39, 0.29) is 109 Å². The summed E-state index contributed by atoms with van der Waals surface area (Å²) in [7, 11) is 0. The van der Waals surface area contributed by atoms with Crippen molar-refractivity contribution < 1.29 is 72.5 Å². The van der Waals surface area contributed by atoms with E-state index in [1.807, 2.05) is 6.92 Å². The van der Waals surface area contributed by atoms with Crippen molar-refractivity contribution in [3.05, 3.63) is 39.5 Å². The van der Waals surface area contributed by atoms with Crippen LogP contribution in [0.25, 0.3) is 6.15 Å². The molecule has 0 saturated carbocycles. The maximum absolute atomic E-state index is 9.44. The summed E-state index contributed by atoms with van der Waals surface area (Å²) in [6.07, 6.45) is 3.18. The Kier molecular flexibility index (Phi) is 99.5. The zero-order chi connectivity index (χ0) is 18.1. The Morgan fingerprint density at radius 1 is 1.03 bits per heavy atom. The van der Waals surface area contributed by atoms with Crippen LogP contribution in [-0.2, 0) is 72.5 Å². The zero-order valence-corrected chi connectivity index (χ0v) is 24.4. The molecule has 0 atom stereocenters. The monoisotopic (exact) mass is 662 g/mol. The van der Waals surface area contributed by atoms with Gasteiger partial charge in [-0.2, -0.15) is 5.10 Å². The summed E-state index contributed by atoms with van der Waals surface area (Å²) in [4.78, 5) is 18.9. The molecule has 0 fully saturated rings. The molecule has 1 heterocycles. The van der Waals surface area contributed by atoms with Crippen LogP contribution in [0.3, 0.4) is 0 Å². The van der Waals surface area contributed by atoms with E-state index < -0.39 is 0 Å². The van der Waals surface area contributed by atoms with E-state index in [9.17, 15) is 9.59 Å². The van der Waals surface area contributed by atoms with Gasteiger partial charge < -0.3 is 47.2 Å². The fraction of sp³-hybridized carbons (Fsp3) is 0.438. The van der Waals surface area contributed by atoms with Crippen LogP contribution in [-0.4, -0.2) is 39.8 Å². The molecule has 9 N–H and O–H groups in total. The number of Topliss-reactive ketones (excluding diaryl/α,β-unsaturated/α-hetero) is 2. The van der Waals surface area contributed by atoms with Crippen molar-refractivity contribution in [2.75, 3.05) is 6.61 Å². The second-order valence-electron chi connectivity index (χ2n) is 4.14. The zero-order valence-electron chi connectivity index (χ0n) is 18.7. The van der Waals surface area contributed by atoms with Gasteiger partial charge in [0.2, 0.25) is 5.96 Å². The third kappa shape index (κ3) is 98.9. The van der Waals surface area contributed by atoms with Gasteiger partial charge in [0.1, 0.15) is 11.6 Å². The minimum absolute atomic E-state index is 0. The third-order valence-electron chi connectivity index (χ3n) is 1.11. The summed E-state index contributed by atoms with van der Waals surface area (Å²) < 4.78 is 5.90. The topological polar surface area (TPSA) is 203 Å². The molecule has 0 amide bonds. The maximum Gasteiger partial charge on any atom is 0.213 e. The molecule has 10 nitrogen and oxygen atoms in total. The first-order chi connectivity index (χ1) is 10.0. The molecule has 0 aliphatic rings. The molecule has 0 bridgehead atoms. The number of nitrogens with two attached hydrogens (primary N) is 2. The molecular formula is C16H38N7O3V2W-3. The Hall–Kier alpha value is -0.733. The molecule has 2 radical (unpaired) electrons.